The van der Waals surface area contributed by atoms with E-state index in [9.17, 15) is 4.79 Å². The molecule has 0 radical (unpaired) electrons. The number of benzene rings is 1. The van der Waals surface area contributed by atoms with E-state index < -0.39 is 0 Å². The van der Waals surface area contributed by atoms with Crippen LogP contribution in [0.15, 0.2) is 48.9 Å². The Morgan fingerprint density at radius 3 is 2.79 bits per heavy atom. The van der Waals surface area contributed by atoms with Crippen molar-refractivity contribution >= 4 is 34.8 Å². The van der Waals surface area contributed by atoms with Crippen LogP contribution in [0.25, 0.3) is 11.3 Å². The van der Waals surface area contributed by atoms with Gasteiger partial charge in [0.1, 0.15) is 0 Å². The van der Waals surface area contributed by atoms with Crippen LogP contribution >= 0.6 is 11.6 Å². The van der Waals surface area contributed by atoms with Gasteiger partial charge >= 0.3 is 0 Å². The zero-order valence-electron chi connectivity index (χ0n) is 16.4. The Bertz CT molecular complexity index is 1050. The Morgan fingerprint density at radius 1 is 1.17 bits per heavy atom. The maximum absolute atomic E-state index is 12.0. The second-order valence-corrected chi connectivity index (χ2v) is 7.78. The SMILES string of the molecule is CC(C)c1cccc(-c2nc(Nc3cncc(N4CCCC4=O)c3)ncc2Cl)c1. The van der Waals surface area contributed by atoms with E-state index in [0.29, 0.717) is 34.7 Å². The topological polar surface area (TPSA) is 71.0 Å². The zero-order chi connectivity index (χ0) is 20.4. The number of carbonyl (C=O) groups is 1. The van der Waals surface area contributed by atoms with Crippen molar-refractivity contribution in [2.45, 2.75) is 32.6 Å². The predicted octanol–water partition coefficient (Wildman–Crippen LogP) is 5.19. The number of pyridine rings is 1. The summed E-state index contributed by atoms with van der Waals surface area (Å²) in [7, 11) is 0. The van der Waals surface area contributed by atoms with Crippen molar-refractivity contribution in [3.63, 3.8) is 0 Å². The molecule has 1 aliphatic rings. The molecule has 3 heterocycles. The summed E-state index contributed by atoms with van der Waals surface area (Å²) >= 11 is 6.38. The molecule has 3 aromatic rings. The molecule has 0 spiro atoms. The van der Waals surface area contributed by atoms with Gasteiger partial charge in [0.2, 0.25) is 11.9 Å². The smallest absolute Gasteiger partial charge is 0.227 e. The van der Waals surface area contributed by atoms with E-state index >= 15 is 0 Å². The largest absolute Gasteiger partial charge is 0.323 e. The molecule has 0 unspecified atom stereocenters. The van der Waals surface area contributed by atoms with E-state index in [4.69, 9.17) is 11.6 Å². The number of anilines is 3. The van der Waals surface area contributed by atoms with Gasteiger partial charge < -0.3 is 10.2 Å². The van der Waals surface area contributed by atoms with Crippen LogP contribution < -0.4 is 10.2 Å². The Labute approximate surface area is 175 Å². The van der Waals surface area contributed by atoms with E-state index in [2.05, 4.69) is 46.2 Å². The lowest BCUT2D eigenvalue weighted by Gasteiger charge is -2.16. The fraction of sp³-hybridized carbons (Fsp3) is 0.273. The van der Waals surface area contributed by atoms with Crippen LogP contribution in [0.2, 0.25) is 5.02 Å². The first kappa shape index (κ1) is 19.3. The van der Waals surface area contributed by atoms with Gasteiger partial charge in [-0.2, -0.15) is 0 Å². The molecule has 1 N–H and O–H groups in total. The Morgan fingerprint density at radius 2 is 2.03 bits per heavy atom. The van der Waals surface area contributed by atoms with Crippen molar-refractivity contribution in [1.82, 2.24) is 15.0 Å². The lowest BCUT2D eigenvalue weighted by Crippen LogP contribution is -2.23. The first-order valence-corrected chi connectivity index (χ1v) is 10.0. The number of carbonyl (C=O) groups excluding carboxylic acids is 1. The highest BCUT2D eigenvalue weighted by molar-refractivity contribution is 6.32. The lowest BCUT2D eigenvalue weighted by molar-refractivity contribution is -0.117. The third-order valence-electron chi connectivity index (χ3n) is 4.94. The molecule has 2 aromatic heterocycles. The van der Waals surface area contributed by atoms with Gasteiger partial charge in [-0.15, -0.1) is 0 Å². The molecule has 7 heteroatoms. The van der Waals surface area contributed by atoms with E-state index in [-0.39, 0.29) is 5.91 Å². The molecule has 1 saturated heterocycles. The minimum Gasteiger partial charge on any atom is -0.323 e. The second kappa shape index (κ2) is 8.17. The van der Waals surface area contributed by atoms with E-state index in [1.54, 1.807) is 23.5 Å². The van der Waals surface area contributed by atoms with Gasteiger partial charge in [0.15, 0.2) is 0 Å². The standard InChI is InChI=1S/C22H22ClN5O/c1-14(2)15-5-3-6-16(9-15)21-19(23)13-25-22(27-21)26-17-10-18(12-24-11-17)28-8-4-7-20(28)29/h3,5-6,9-14H,4,7-8H2,1-2H3,(H,25,26,27). The molecule has 0 saturated carbocycles. The minimum absolute atomic E-state index is 0.124. The van der Waals surface area contributed by atoms with Gasteiger partial charge in [-0.05, 0) is 30.0 Å². The lowest BCUT2D eigenvalue weighted by atomic mass is 10.00. The molecular formula is C22H22ClN5O. The third-order valence-corrected chi connectivity index (χ3v) is 5.21. The third kappa shape index (κ3) is 4.22. The van der Waals surface area contributed by atoms with Crippen LogP contribution in [0, 0.1) is 0 Å². The summed E-state index contributed by atoms with van der Waals surface area (Å²) in [5.74, 6) is 0.959. The number of nitrogens with one attached hydrogen (secondary N) is 1. The maximum atomic E-state index is 12.0. The summed E-state index contributed by atoms with van der Waals surface area (Å²) < 4.78 is 0. The van der Waals surface area contributed by atoms with Crippen molar-refractivity contribution in [3.05, 3.63) is 59.5 Å². The highest BCUT2D eigenvalue weighted by Crippen LogP contribution is 2.30. The number of rotatable bonds is 5. The van der Waals surface area contributed by atoms with Crippen LogP contribution in [-0.2, 0) is 4.79 Å². The van der Waals surface area contributed by atoms with E-state index in [1.165, 1.54) is 5.56 Å². The van der Waals surface area contributed by atoms with Crippen LogP contribution in [0.1, 0.15) is 38.2 Å². The molecule has 0 bridgehead atoms. The van der Waals surface area contributed by atoms with Crippen molar-refractivity contribution in [3.8, 4) is 11.3 Å². The Kier molecular flexibility index (Phi) is 5.45. The molecule has 1 aromatic carbocycles. The average molecular weight is 408 g/mol. The number of halogens is 1. The Balaban J connectivity index is 1.62. The maximum Gasteiger partial charge on any atom is 0.227 e. The van der Waals surface area contributed by atoms with Crippen LogP contribution in [0.3, 0.4) is 0 Å². The number of hydrogen-bond donors (Lipinski definition) is 1. The molecule has 1 fully saturated rings. The van der Waals surface area contributed by atoms with Gasteiger partial charge in [0.25, 0.3) is 0 Å². The molecule has 148 valence electrons. The monoisotopic (exact) mass is 407 g/mol. The van der Waals surface area contributed by atoms with E-state index in [0.717, 1.165) is 24.2 Å². The van der Waals surface area contributed by atoms with Gasteiger partial charge in [-0.3, -0.25) is 9.78 Å². The number of hydrogen-bond acceptors (Lipinski definition) is 5. The van der Waals surface area contributed by atoms with Crippen LogP contribution in [-0.4, -0.2) is 27.4 Å². The predicted molar refractivity (Wildman–Crippen MR) is 116 cm³/mol. The quantitative estimate of drug-likeness (QED) is 0.630. The van der Waals surface area contributed by atoms with Gasteiger partial charge in [0.05, 0.1) is 40.7 Å². The van der Waals surface area contributed by atoms with E-state index in [1.807, 2.05) is 18.2 Å². The molecule has 6 nitrogen and oxygen atoms in total. The van der Waals surface area contributed by atoms with Gasteiger partial charge in [-0.1, -0.05) is 43.6 Å². The fourth-order valence-corrected chi connectivity index (χ4v) is 3.57. The molecule has 1 amide bonds. The summed E-state index contributed by atoms with van der Waals surface area (Å²) in [6.07, 6.45) is 6.42. The molecule has 1 aliphatic heterocycles. The molecule has 0 aliphatic carbocycles. The first-order valence-electron chi connectivity index (χ1n) is 9.66. The average Bonchev–Trinajstić information content (AvgIpc) is 3.16. The number of amides is 1. The Hall–Kier alpha value is -2.99. The molecular weight excluding hydrogens is 386 g/mol. The van der Waals surface area contributed by atoms with Crippen LogP contribution in [0.4, 0.5) is 17.3 Å². The minimum atomic E-state index is 0.124. The highest BCUT2D eigenvalue weighted by atomic mass is 35.5. The summed E-state index contributed by atoms with van der Waals surface area (Å²) in [6.45, 7) is 5.02. The van der Waals surface area contributed by atoms with Crippen molar-refractivity contribution < 1.29 is 4.79 Å². The summed E-state index contributed by atoms with van der Waals surface area (Å²) in [4.78, 5) is 26.9. The van der Waals surface area contributed by atoms with Gasteiger partial charge in [-0.25, -0.2) is 9.97 Å². The number of aromatic nitrogens is 3. The normalized spacial score (nSPS) is 13.9. The van der Waals surface area contributed by atoms with Crippen molar-refractivity contribution in [2.75, 3.05) is 16.8 Å². The highest BCUT2D eigenvalue weighted by Gasteiger charge is 2.22. The zero-order valence-corrected chi connectivity index (χ0v) is 17.1. The summed E-state index contributed by atoms with van der Waals surface area (Å²) in [6, 6.07) is 10.1. The molecule has 29 heavy (non-hydrogen) atoms. The first-order chi connectivity index (χ1) is 14.0. The second-order valence-electron chi connectivity index (χ2n) is 7.38. The molecule has 4 rings (SSSR count). The van der Waals surface area contributed by atoms with Crippen molar-refractivity contribution in [2.24, 2.45) is 0 Å². The fourth-order valence-electron chi connectivity index (χ4n) is 3.37. The van der Waals surface area contributed by atoms with Gasteiger partial charge in [0, 0.05) is 18.5 Å². The molecule has 0 atom stereocenters. The summed E-state index contributed by atoms with van der Waals surface area (Å²) in [5.41, 5.74) is 4.33. The van der Waals surface area contributed by atoms with Crippen molar-refractivity contribution in [1.29, 1.82) is 0 Å². The summed E-state index contributed by atoms with van der Waals surface area (Å²) in [5, 5.41) is 3.67. The van der Waals surface area contributed by atoms with Crippen LogP contribution in [0.5, 0.6) is 0 Å². The number of nitrogens with zero attached hydrogens (tertiary/aromatic N) is 4.